The van der Waals surface area contributed by atoms with Gasteiger partial charge in [0.05, 0.1) is 29.6 Å². The number of anilines is 1. The van der Waals surface area contributed by atoms with Gasteiger partial charge in [-0.3, -0.25) is 4.98 Å². The largest absolute Gasteiger partial charge is 0.398 e. The van der Waals surface area contributed by atoms with Crippen LogP contribution >= 0.6 is 0 Å². The summed E-state index contributed by atoms with van der Waals surface area (Å²) >= 11 is 0. The Kier molecular flexibility index (Phi) is 3.98. The van der Waals surface area contributed by atoms with Crippen LogP contribution in [0.2, 0.25) is 0 Å². The molecule has 0 aliphatic rings. The summed E-state index contributed by atoms with van der Waals surface area (Å²) in [5.41, 5.74) is 6.62. The van der Waals surface area contributed by atoms with Gasteiger partial charge < -0.3 is 5.73 Å². The molecule has 1 aromatic heterocycles. The quantitative estimate of drug-likeness (QED) is 0.816. The molecule has 0 bridgehead atoms. The van der Waals surface area contributed by atoms with E-state index in [1.165, 1.54) is 18.2 Å². The molecule has 0 aliphatic heterocycles. The fourth-order valence-electron chi connectivity index (χ4n) is 1.61. The Labute approximate surface area is 116 Å². The summed E-state index contributed by atoms with van der Waals surface area (Å²) in [6.45, 7) is 0.0720. The van der Waals surface area contributed by atoms with Gasteiger partial charge in [-0.15, -0.1) is 0 Å². The van der Waals surface area contributed by atoms with Gasteiger partial charge in [0.1, 0.15) is 4.90 Å². The van der Waals surface area contributed by atoms with E-state index in [0.717, 1.165) is 0 Å². The Balaban J connectivity index is 2.21. The second kappa shape index (κ2) is 5.69. The minimum atomic E-state index is -3.74. The van der Waals surface area contributed by atoms with Gasteiger partial charge in [-0.05, 0) is 30.3 Å². The Morgan fingerprint density at radius 2 is 2.10 bits per heavy atom. The zero-order chi connectivity index (χ0) is 14.6. The van der Waals surface area contributed by atoms with E-state index in [1.807, 2.05) is 6.07 Å². The van der Waals surface area contributed by atoms with Crippen molar-refractivity contribution < 1.29 is 8.42 Å². The van der Waals surface area contributed by atoms with E-state index in [9.17, 15) is 8.42 Å². The van der Waals surface area contributed by atoms with Crippen LogP contribution in [0.4, 0.5) is 5.69 Å². The number of hydrogen-bond donors (Lipinski definition) is 2. The number of nitrogens with one attached hydrogen (secondary N) is 1. The molecule has 0 amide bonds. The van der Waals surface area contributed by atoms with Crippen molar-refractivity contribution in [2.75, 3.05) is 5.73 Å². The molecule has 0 aliphatic carbocycles. The Bertz CT molecular complexity index is 752. The van der Waals surface area contributed by atoms with Crippen molar-refractivity contribution in [3.63, 3.8) is 0 Å². The van der Waals surface area contributed by atoms with Crippen LogP contribution in [0, 0.1) is 11.3 Å². The molecule has 6 nitrogen and oxygen atoms in total. The molecule has 2 aromatic rings. The summed E-state index contributed by atoms with van der Waals surface area (Å²) in [5.74, 6) is 0. The van der Waals surface area contributed by atoms with E-state index >= 15 is 0 Å². The standard InChI is InChI=1S/C13H12N4O2S/c14-8-10-4-5-13(12(15)7-10)20(18,19)17-9-11-3-1-2-6-16-11/h1-7,17H,9,15H2. The van der Waals surface area contributed by atoms with Crippen LogP contribution in [0.25, 0.3) is 0 Å². The van der Waals surface area contributed by atoms with Crippen LogP contribution in [0.5, 0.6) is 0 Å². The number of benzene rings is 1. The maximum atomic E-state index is 12.1. The van der Waals surface area contributed by atoms with Crippen molar-refractivity contribution in [1.29, 1.82) is 5.26 Å². The van der Waals surface area contributed by atoms with E-state index in [0.29, 0.717) is 11.3 Å². The molecule has 3 N–H and O–H groups in total. The summed E-state index contributed by atoms with van der Waals surface area (Å²) in [7, 11) is -3.74. The van der Waals surface area contributed by atoms with Crippen molar-refractivity contribution in [3.8, 4) is 6.07 Å². The van der Waals surface area contributed by atoms with Gasteiger partial charge in [0.25, 0.3) is 0 Å². The van der Waals surface area contributed by atoms with Crippen LogP contribution < -0.4 is 10.5 Å². The minimum absolute atomic E-state index is 0.0394. The lowest BCUT2D eigenvalue weighted by atomic mass is 10.2. The number of rotatable bonds is 4. The van der Waals surface area contributed by atoms with Gasteiger partial charge in [0.15, 0.2) is 0 Å². The van der Waals surface area contributed by atoms with Crippen molar-refractivity contribution >= 4 is 15.7 Å². The summed E-state index contributed by atoms with van der Waals surface area (Å²) in [6.07, 6.45) is 1.58. The number of nitrogens with two attached hydrogens (primary N) is 1. The second-order valence-corrected chi connectivity index (χ2v) is 5.75. The maximum Gasteiger partial charge on any atom is 0.242 e. The van der Waals surface area contributed by atoms with Gasteiger partial charge in [-0.25, -0.2) is 13.1 Å². The average Bonchev–Trinajstić information content (AvgIpc) is 2.46. The van der Waals surface area contributed by atoms with Crippen molar-refractivity contribution in [2.45, 2.75) is 11.4 Å². The monoisotopic (exact) mass is 288 g/mol. The molecule has 0 fully saturated rings. The van der Waals surface area contributed by atoms with Gasteiger partial charge in [-0.2, -0.15) is 5.26 Å². The zero-order valence-electron chi connectivity index (χ0n) is 10.4. The molecule has 20 heavy (non-hydrogen) atoms. The highest BCUT2D eigenvalue weighted by Crippen LogP contribution is 2.19. The maximum absolute atomic E-state index is 12.1. The molecule has 1 heterocycles. The molecule has 1 aromatic carbocycles. The minimum Gasteiger partial charge on any atom is -0.398 e. The molecular weight excluding hydrogens is 276 g/mol. The third-order valence-corrected chi connectivity index (χ3v) is 4.07. The van der Waals surface area contributed by atoms with E-state index in [4.69, 9.17) is 11.0 Å². The van der Waals surface area contributed by atoms with Gasteiger partial charge in [-0.1, -0.05) is 6.07 Å². The molecule has 0 unspecified atom stereocenters. The predicted molar refractivity (Wildman–Crippen MR) is 73.8 cm³/mol. The van der Waals surface area contributed by atoms with Gasteiger partial charge in [0.2, 0.25) is 10.0 Å². The normalized spacial score (nSPS) is 10.9. The molecular formula is C13H12N4O2S. The molecule has 0 radical (unpaired) electrons. The number of nitrogens with zero attached hydrogens (tertiary/aromatic N) is 2. The number of sulfonamides is 1. The first-order valence-corrected chi connectivity index (χ1v) is 7.20. The molecule has 7 heteroatoms. The summed E-state index contributed by atoms with van der Waals surface area (Å²) in [4.78, 5) is 3.98. The molecule has 0 saturated heterocycles. The highest BCUT2D eigenvalue weighted by molar-refractivity contribution is 7.89. The average molecular weight is 288 g/mol. The Morgan fingerprint density at radius 3 is 2.70 bits per heavy atom. The summed E-state index contributed by atoms with van der Waals surface area (Å²) in [6, 6.07) is 11.2. The molecule has 102 valence electrons. The second-order valence-electron chi connectivity index (χ2n) is 4.01. The highest BCUT2D eigenvalue weighted by Gasteiger charge is 2.17. The van der Waals surface area contributed by atoms with Crippen LogP contribution in [-0.2, 0) is 16.6 Å². The molecule has 0 atom stereocenters. The third kappa shape index (κ3) is 3.12. The predicted octanol–water partition coefficient (Wildman–Crippen LogP) is 1.01. The Hall–Kier alpha value is -2.43. The number of nitriles is 1. The lowest BCUT2D eigenvalue weighted by Gasteiger charge is -2.09. The SMILES string of the molecule is N#Cc1ccc(S(=O)(=O)NCc2ccccn2)c(N)c1. The van der Waals surface area contributed by atoms with Crippen molar-refractivity contribution in [3.05, 3.63) is 53.9 Å². The zero-order valence-corrected chi connectivity index (χ0v) is 11.3. The van der Waals surface area contributed by atoms with Crippen LogP contribution in [0.3, 0.4) is 0 Å². The van der Waals surface area contributed by atoms with E-state index in [2.05, 4.69) is 9.71 Å². The van der Waals surface area contributed by atoms with Crippen molar-refractivity contribution in [2.24, 2.45) is 0 Å². The first kappa shape index (κ1) is 14.0. The molecule has 2 rings (SSSR count). The number of nitrogen functional groups attached to an aromatic ring is 1. The fraction of sp³-hybridized carbons (Fsp3) is 0.0769. The lowest BCUT2D eigenvalue weighted by molar-refractivity contribution is 0.581. The first-order valence-electron chi connectivity index (χ1n) is 5.72. The highest BCUT2D eigenvalue weighted by atomic mass is 32.2. The topological polar surface area (TPSA) is 109 Å². The smallest absolute Gasteiger partial charge is 0.242 e. The van der Waals surface area contributed by atoms with Gasteiger partial charge >= 0.3 is 0 Å². The van der Waals surface area contributed by atoms with E-state index < -0.39 is 10.0 Å². The molecule has 0 saturated carbocycles. The number of pyridine rings is 1. The summed E-state index contributed by atoms with van der Waals surface area (Å²) in [5, 5.41) is 8.73. The van der Waals surface area contributed by atoms with Gasteiger partial charge in [0, 0.05) is 6.20 Å². The molecule has 0 spiro atoms. The lowest BCUT2D eigenvalue weighted by Crippen LogP contribution is -2.24. The number of aromatic nitrogens is 1. The van der Waals surface area contributed by atoms with E-state index in [1.54, 1.807) is 24.4 Å². The number of hydrogen-bond acceptors (Lipinski definition) is 5. The fourth-order valence-corrected chi connectivity index (χ4v) is 2.72. The van der Waals surface area contributed by atoms with E-state index in [-0.39, 0.29) is 17.1 Å². The Morgan fingerprint density at radius 1 is 1.30 bits per heavy atom. The van der Waals surface area contributed by atoms with Crippen LogP contribution in [0.1, 0.15) is 11.3 Å². The van der Waals surface area contributed by atoms with Crippen LogP contribution in [0.15, 0.2) is 47.5 Å². The summed E-state index contributed by atoms with van der Waals surface area (Å²) < 4.78 is 26.7. The van der Waals surface area contributed by atoms with Crippen LogP contribution in [-0.4, -0.2) is 13.4 Å². The third-order valence-electron chi connectivity index (χ3n) is 2.60. The van der Waals surface area contributed by atoms with Crippen molar-refractivity contribution in [1.82, 2.24) is 9.71 Å². The first-order chi connectivity index (χ1) is 9.53.